The lowest BCUT2D eigenvalue weighted by Gasteiger charge is -2.29. The van der Waals surface area contributed by atoms with Crippen LogP contribution in [0.4, 0.5) is 0 Å². The predicted molar refractivity (Wildman–Crippen MR) is 69.3 cm³/mol. The zero-order valence-electron chi connectivity index (χ0n) is 10.3. The van der Waals surface area contributed by atoms with Crippen molar-refractivity contribution >= 4 is 17.5 Å². The third-order valence-corrected chi connectivity index (χ3v) is 3.00. The van der Waals surface area contributed by atoms with Gasteiger partial charge in [-0.3, -0.25) is 4.79 Å². The smallest absolute Gasteiger partial charge is 0.267 e. The summed E-state index contributed by atoms with van der Waals surface area (Å²) in [5, 5.41) is 0. The number of hydrogen-bond acceptors (Lipinski definition) is 3. The molecular formula is C13H16ClNO3. The van der Waals surface area contributed by atoms with Crippen molar-refractivity contribution in [3.05, 3.63) is 24.3 Å². The maximum absolute atomic E-state index is 12.2. The number of rotatable bonds is 4. The maximum atomic E-state index is 12.2. The van der Waals surface area contributed by atoms with Gasteiger partial charge in [-0.15, -0.1) is 11.6 Å². The fraction of sp³-hybridized carbons (Fsp3) is 0.462. The van der Waals surface area contributed by atoms with Crippen molar-refractivity contribution in [2.24, 2.45) is 0 Å². The molecule has 1 atom stereocenters. The first kappa shape index (κ1) is 13.0. The first-order valence-electron chi connectivity index (χ1n) is 5.99. The summed E-state index contributed by atoms with van der Waals surface area (Å²) in [6.45, 7) is 3.31. The topological polar surface area (TPSA) is 38.8 Å². The molecule has 98 valence electrons. The molecule has 5 heteroatoms. The quantitative estimate of drug-likeness (QED) is 0.784. The van der Waals surface area contributed by atoms with Crippen LogP contribution in [0.2, 0.25) is 0 Å². The van der Waals surface area contributed by atoms with Gasteiger partial charge in [-0.2, -0.15) is 0 Å². The number of amides is 1. The van der Waals surface area contributed by atoms with Crippen molar-refractivity contribution < 1.29 is 14.3 Å². The van der Waals surface area contributed by atoms with E-state index in [4.69, 9.17) is 21.1 Å². The van der Waals surface area contributed by atoms with Gasteiger partial charge in [-0.25, -0.2) is 0 Å². The first-order valence-corrected chi connectivity index (χ1v) is 6.53. The highest BCUT2D eigenvalue weighted by Crippen LogP contribution is 2.31. The zero-order chi connectivity index (χ0) is 13.0. The normalized spacial score (nSPS) is 17.3. The molecule has 0 saturated heterocycles. The Hall–Kier alpha value is -1.42. The minimum Gasteiger partial charge on any atom is -0.485 e. The minimum atomic E-state index is -0.580. The van der Waals surface area contributed by atoms with E-state index in [1.165, 1.54) is 0 Å². The van der Waals surface area contributed by atoms with E-state index in [1.54, 1.807) is 11.0 Å². The number of hydrogen-bond donors (Lipinski definition) is 0. The highest BCUT2D eigenvalue weighted by atomic mass is 35.5. The Morgan fingerprint density at radius 2 is 2.17 bits per heavy atom. The number of ether oxygens (including phenoxy) is 2. The van der Waals surface area contributed by atoms with Crippen molar-refractivity contribution in [1.82, 2.24) is 4.90 Å². The largest absolute Gasteiger partial charge is 0.485 e. The highest BCUT2D eigenvalue weighted by Gasteiger charge is 2.30. The molecule has 1 aromatic carbocycles. The van der Waals surface area contributed by atoms with E-state index < -0.39 is 6.10 Å². The molecule has 0 N–H and O–H groups in total. The molecule has 0 aromatic heterocycles. The number of nitrogens with zero attached hydrogens (tertiary/aromatic N) is 1. The Kier molecular flexibility index (Phi) is 4.31. The van der Waals surface area contributed by atoms with Crippen LogP contribution in [0, 0.1) is 0 Å². The van der Waals surface area contributed by atoms with Crippen molar-refractivity contribution in [1.29, 1.82) is 0 Å². The number of benzene rings is 1. The van der Waals surface area contributed by atoms with Gasteiger partial charge < -0.3 is 14.4 Å². The number of carbonyl (C=O) groups is 1. The van der Waals surface area contributed by atoms with Gasteiger partial charge in [0.1, 0.15) is 6.61 Å². The van der Waals surface area contributed by atoms with Gasteiger partial charge in [0, 0.05) is 19.0 Å². The number of fused-ring (bicyclic) bond motifs is 1. The van der Waals surface area contributed by atoms with Crippen molar-refractivity contribution in [3.63, 3.8) is 0 Å². The van der Waals surface area contributed by atoms with Crippen LogP contribution in [0.25, 0.3) is 0 Å². The molecule has 4 nitrogen and oxygen atoms in total. The maximum Gasteiger partial charge on any atom is 0.267 e. The Bertz CT molecular complexity index is 424. The Balaban J connectivity index is 2.06. The standard InChI is InChI=1S/C13H16ClNO3/c1-2-15(8-7-14)13(16)12-9-17-10-5-3-4-6-11(10)18-12/h3-6,12H,2,7-9H2,1H3. The summed E-state index contributed by atoms with van der Waals surface area (Å²) in [6, 6.07) is 7.35. The third-order valence-electron chi connectivity index (χ3n) is 2.83. The summed E-state index contributed by atoms with van der Waals surface area (Å²) >= 11 is 5.67. The molecule has 1 aliphatic heterocycles. The van der Waals surface area contributed by atoms with Crippen LogP contribution < -0.4 is 9.47 Å². The van der Waals surface area contributed by atoms with Crippen LogP contribution in [0.3, 0.4) is 0 Å². The lowest BCUT2D eigenvalue weighted by atomic mass is 10.2. The summed E-state index contributed by atoms with van der Waals surface area (Å²) in [6.07, 6.45) is -0.580. The second-order valence-corrected chi connectivity index (χ2v) is 4.35. The molecule has 0 aliphatic carbocycles. The summed E-state index contributed by atoms with van der Waals surface area (Å²) in [4.78, 5) is 13.9. The number of carbonyl (C=O) groups excluding carboxylic acids is 1. The summed E-state index contributed by atoms with van der Waals surface area (Å²) in [5.74, 6) is 1.64. The molecule has 0 bridgehead atoms. The van der Waals surface area contributed by atoms with E-state index in [0.717, 1.165) is 0 Å². The van der Waals surface area contributed by atoms with Gasteiger partial charge in [0.2, 0.25) is 6.10 Å². The van der Waals surface area contributed by atoms with Crippen LogP contribution in [-0.2, 0) is 4.79 Å². The van der Waals surface area contributed by atoms with E-state index in [9.17, 15) is 4.79 Å². The van der Waals surface area contributed by atoms with Gasteiger partial charge in [0.15, 0.2) is 11.5 Å². The van der Waals surface area contributed by atoms with Crippen LogP contribution in [0.15, 0.2) is 24.3 Å². The lowest BCUT2D eigenvalue weighted by molar-refractivity contribution is -0.140. The van der Waals surface area contributed by atoms with Crippen LogP contribution in [0.1, 0.15) is 6.92 Å². The second kappa shape index (κ2) is 5.96. The van der Waals surface area contributed by atoms with Gasteiger partial charge in [0.05, 0.1) is 0 Å². The highest BCUT2D eigenvalue weighted by molar-refractivity contribution is 6.18. The van der Waals surface area contributed by atoms with Crippen LogP contribution in [0.5, 0.6) is 11.5 Å². The third kappa shape index (κ3) is 2.70. The Morgan fingerprint density at radius 1 is 1.44 bits per heavy atom. The molecular weight excluding hydrogens is 254 g/mol. The second-order valence-electron chi connectivity index (χ2n) is 3.97. The molecule has 1 unspecified atom stereocenters. The van der Waals surface area contributed by atoms with Crippen molar-refractivity contribution in [2.45, 2.75) is 13.0 Å². The van der Waals surface area contributed by atoms with Crippen LogP contribution >= 0.6 is 11.6 Å². The molecule has 1 amide bonds. The van der Waals surface area contributed by atoms with E-state index in [1.807, 2.05) is 25.1 Å². The molecule has 2 rings (SSSR count). The number of para-hydroxylation sites is 2. The first-order chi connectivity index (χ1) is 8.76. The molecule has 0 saturated carbocycles. The average Bonchev–Trinajstić information content (AvgIpc) is 2.43. The summed E-state index contributed by atoms with van der Waals surface area (Å²) < 4.78 is 11.2. The molecule has 0 radical (unpaired) electrons. The zero-order valence-corrected chi connectivity index (χ0v) is 11.0. The lowest BCUT2D eigenvalue weighted by Crippen LogP contribution is -2.46. The van der Waals surface area contributed by atoms with Gasteiger partial charge >= 0.3 is 0 Å². The van der Waals surface area contributed by atoms with Gasteiger partial charge in [-0.1, -0.05) is 12.1 Å². The van der Waals surface area contributed by atoms with Gasteiger partial charge in [-0.05, 0) is 19.1 Å². The predicted octanol–water partition coefficient (Wildman–Crippen LogP) is 1.91. The Labute approximate surface area is 111 Å². The fourth-order valence-corrected chi connectivity index (χ4v) is 2.08. The van der Waals surface area contributed by atoms with Gasteiger partial charge in [0.25, 0.3) is 5.91 Å². The molecule has 1 aromatic rings. The monoisotopic (exact) mass is 269 g/mol. The minimum absolute atomic E-state index is 0.0762. The number of alkyl halides is 1. The van der Waals surface area contributed by atoms with Crippen molar-refractivity contribution in [2.75, 3.05) is 25.6 Å². The summed E-state index contributed by atoms with van der Waals surface area (Å²) in [5.41, 5.74) is 0. The van der Waals surface area contributed by atoms with Crippen molar-refractivity contribution in [3.8, 4) is 11.5 Å². The molecule has 0 spiro atoms. The summed E-state index contributed by atoms with van der Waals surface area (Å²) in [7, 11) is 0. The van der Waals surface area contributed by atoms with E-state index in [-0.39, 0.29) is 12.5 Å². The molecule has 1 heterocycles. The van der Waals surface area contributed by atoms with Crippen LogP contribution in [-0.4, -0.2) is 42.5 Å². The Morgan fingerprint density at radius 3 is 2.83 bits per heavy atom. The van der Waals surface area contributed by atoms with E-state index >= 15 is 0 Å². The van der Waals surface area contributed by atoms with E-state index in [2.05, 4.69) is 0 Å². The molecule has 0 fully saturated rings. The fourth-order valence-electron chi connectivity index (χ4n) is 1.87. The number of halogens is 1. The number of likely N-dealkylation sites (N-methyl/N-ethyl adjacent to an activating group) is 1. The average molecular weight is 270 g/mol. The molecule has 18 heavy (non-hydrogen) atoms. The SMILES string of the molecule is CCN(CCCl)C(=O)C1COc2ccccc2O1. The van der Waals surface area contributed by atoms with E-state index in [0.29, 0.717) is 30.5 Å². The molecule has 1 aliphatic rings.